The highest BCUT2D eigenvalue weighted by Gasteiger charge is 2.40. The average Bonchev–Trinajstić information content (AvgIpc) is 2.54. The minimum absolute atomic E-state index is 0.153. The molecule has 1 saturated carbocycles. The lowest BCUT2D eigenvalue weighted by Gasteiger charge is -2.41. The summed E-state index contributed by atoms with van der Waals surface area (Å²) in [5, 5.41) is 11.7. The van der Waals surface area contributed by atoms with Crippen molar-refractivity contribution in [1.29, 1.82) is 0 Å². The lowest BCUT2D eigenvalue weighted by molar-refractivity contribution is -0.0619. The van der Waals surface area contributed by atoms with E-state index in [2.05, 4.69) is 0 Å². The van der Waals surface area contributed by atoms with Crippen molar-refractivity contribution in [2.75, 3.05) is 27.5 Å². The number of ether oxygens (including phenoxy) is 1. The molecule has 0 radical (unpaired) electrons. The molecule has 1 aromatic rings. The van der Waals surface area contributed by atoms with Gasteiger partial charge in [0, 0.05) is 27.5 Å². The van der Waals surface area contributed by atoms with Crippen LogP contribution in [0.25, 0.3) is 0 Å². The molecule has 1 aliphatic carbocycles. The molecule has 0 unspecified atom stereocenters. The highest BCUT2D eigenvalue weighted by atomic mass is 16.5. The third-order valence-electron chi connectivity index (χ3n) is 3.04. The quantitative estimate of drug-likeness (QED) is 0.918. The van der Waals surface area contributed by atoms with Gasteiger partial charge in [-0.3, -0.25) is 0 Å². The topological polar surface area (TPSA) is 32.7 Å². The summed E-state index contributed by atoms with van der Waals surface area (Å²) in [6.45, 7) is -10.7. The maximum absolute atomic E-state index is 11.7. The van der Waals surface area contributed by atoms with Gasteiger partial charge in [0.2, 0.25) is 0 Å². The van der Waals surface area contributed by atoms with E-state index in [0.717, 1.165) is 12.1 Å². The van der Waals surface area contributed by atoms with Crippen LogP contribution >= 0.6 is 0 Å². The van der Waals surface area contributed by atoms with Gasteiger partial charge in [-0.1, -0.05) is 25.0 Å². The number of rotatable bonds is 4. The fourth-order valence-electron chi connectivity index (χ4n) is 2.15. The molecule has 19 heavy (non-hydrogen) atoms. The van der Waals surface area contributed by atoms with Crippen molar-refractivity contribution in [1.82, 2.24) is 4.90 Å². The van der Waals surface area contributed by atoms with E-state index in [4.69, 9.17) is 23.9 Å². The monoisotopic (exact) mass is 277 g/mol. The highest BCUT2D eigenvalue weighted by molar-refractivity contribution is 5.33. The smallest absolute Gasteiger partial charge is 0.119 e. The van der Waals surface area contributed by atoms with Gasteiger partial charge in [0.1, 0.15) is 5.75 Å². The van der Waals surface area contributed by atoms with Crippen molar-refractivity contribution in [3.8, 4) is 5.75 Å². The third-order valence-corrected chi connectivity index (χ3v) is 3.04. The average molecular weight is 277 g/mol. The largest absolute Gasteiger partial charge is 0.497 e. The number of benzene rings is 1. The number of hydrogen-bond acceptors (Lipinski definition) is 3. The Morgan fingerprint density at radius 3 is 3.32 bits per heavy atom. The molecule has 1 fully saturated rings. The second kappa shape index (κ2) is 5.93. The molecule has 0 spiro atoms. The second-order valence-corrected chi connectivity index (χ2v) is 4.30. The van der Waals surface area contributed by atoms with E-state index < -0.39 is 62.2 Å². The Morgan fingerprint density at radius 1 is 1.63 bits per heavy atom. The zero-order valence-corrected chi connectivity index (χ0v) is 10.2. The van der Waals surface area contributed by atoms with Crippen molar-refractivity contribution in [3.63, 3.8) is 0 Å². The third kappa shape index (κ3) is 3.10. The molecule has 0 bridgehead atoms. The number of methoxy groups -OCH3 is 1. The van der Waals surface area contributed by atoms with Crippen LogP contribution in [0.4, 0.5) is 0 Å². The van der Waals surface area contributed by atoms with Crippen molar-refractivity contribution in [2.45, 2.75) is 31.2 Å². The van der Waals surface area contributed by atoms with Crippen molar-refractivity contribution >= 4 is 0 Å². The fraction of sp³-hybridized carbons (Fsp3) is 0.625. The van der Waals surface area contributed by atoms with Crippen LogP contribution in [-0.2, 0) is 5.60 Å². The zero-order valence-electron chi connectivity index (χ0n) is 24.2. The van der Waals surface area contributed by atoms with Gasteiger partial charge >= 0.3 is 0 Å². The first kappa shape index (κ1) is 4.74. The maximum atomic E-state index is 11.7. The molecule has 0 aromatic heterocycles. The van der Waals surface area contributed by atoms with E-state index in [1.54, 1.807) is 0 Å². The summed E-state index contributed by atoms with van der Waals surface area (Å²) < 4.78 is 115. The lowest BCUT2D eigenvalue weighted by atomic mass is 9.71. The van der Waals surface area contributed by atoms with Crippen LogP contribution in [0.1, 0.15) is 50.4 Å². The van der Waals surface area contributed by atoms with Crippen molar-refractivity contribution in [3.05, 3.63) is 29.8 Å². The summed E-state index contributed by atoms with van der Waals surface area (Å²) in [5.41, 5.74) is -3.55. The van der Waals surface area contributed by atoms with Crippen LogP contribution in [0.3, 0.4) is 0 Å². The van der Waals surface area contributed by atoms with Crippen LogP contribution in [0.5, 0.6) is 5.75 Å². The Balaban J connectivity index is 2.82. The Morgan fingerprint density at radius 2 is 2.53 bits per heavy atom. The van der Waals surface area contributed by atoms with Gasteiger partial charge in [0.25, 0.3) is 0 Å². The molecule has 0 saturated heterocycles. The molecule has 106 valence electrons. The summed E-state index contributed by atoms with van der Waals surface area (Å²) >= 11 is 0. The van der Waals surface area contributed by atoms with E-state index in [9.17, 15) is 5.11 Å². The molecule has 3 nitrogen and oxygen atoms in total. The van der Waals surface area contributed by atoms with Crippen molar-refractivity contribution < 1.29 is 29.0 Å². The SMILES string of the molecule is [2H]C([2H])([2H])Oc1cccc([C@]2(O)C([2H])([2H])CCC[C@@]2([2H])C([2H])([2H])N(C([2H])([2H])[2H])C([2H])([2H])[2H])c1. The van der Waals surface area contributed by atoms with Gasteiger partial charge in [-0.05, 0) is 44.4 Å². The lowest BCUT2D eigenvalue weighted by Crippen LogP contribution is -2.43. The van der Waals surface area contributed by atoms with E-state index in [1.807, 2.05) is 0 Å². The van der Waals surface area contributed by atoms with Gasteiger partial charge in [0.05, 0.1) is 16.8 Å². The molecule has 2 atom stereocenters. The highest BCUT2D eigenvalue weighted by Crippen LogP contribution is 2.42. The predicted octanol–water partition coefficient (Wildman–Crippen LogP) is 2.63. The van der Waals surface area contributed by atoms with Crippen molar-refractivity contribution in [2.24, 2.45) is 5.89 Å². The van der Waals surface area contributed by atoms with Crippen LogP contribution in [-0.4, -0.2) is 37.5 Å². The number of hydrogen-bond donors (Lipinski definition) is 1. The molecule has 0 aliphatic heterocycles. The minimum Gasteiger partial charge on any atom is -0.497 e. The second-order valence-electron chi connectivity index (χ2n) is 4.30. The Bertz CT molecular complexity index is 850. The molecule has 0 amide bonds. The summed E-state index contributed by atoms with van der Waals surface area (Å²) in [6.07, 6.45) is -3.83. The first-order valence-electron chi connectivity index (χ1n) is 12.8. The van der Waals surface area contributed by atoms with Gasteiger partial charge in [-0.25, -0.2) is 0 Å². The Hall–Kier alpha value is -1.06. The summed E-state index contributed by atoms with van der Waals surface area (Å²) in [7, 11) is -2.90. The predicted molar refractivity (Wildman–Crippen MR) is 77.4 cm³/mol. The van der Waals surface area contributed by atoms with Gasteiger partial charge < -0.3 is 14.7 Å². The zero-order chi connectivity index (χ0) is 25.9. The minimum atomic E-state index is -3.60. The molecule has 0 heterocycles. The molecule has 2 rings (SSSR count). The molecule has 1 aromatic carbocycles. The van der Waals surface area contributed by atoms with Gasteiger partial charge in [-0.15, -0.1) is 0 Å². The number of nitrogens with zero attached hydrogens (tertiary/aromatic N) is 1. The van der Waals surface area contributed by atoms with E-state index in [0.29, 0.717) is 0 Å². The van der Waals surface area contributed by atoms with Gasteiger partial charge in [0.15, 0.2) is 0 Å². The van der Waals surface area contributed by atoms with Crippen LogP contribution in [0, 0.1) is 5.89 Å². The summed E-state index contributed by atoms with van der Waals surface area (Å²) in [4.78, 5) is -0.477. The standard InChI is InChI=1S/C16H25NO2/c1-17(2)12-14-7-4-5-10-16(14,18)13-8-6-9-15(11-13)19-3/h6,8-9,11,14,18H,4-5,7,10,12H2,1-3H3/t14-,16+/m0/s1/i1D3,2D3,3D3,10D2,12D2,14D. The maximum Gasteiger partial charge on any atom is 0.119 e. The van der Waals surface area contributed by atoms with Crippen LogP contribution < -0.4 is 4.74 Å². The molecule has 3 heteroatoms. The van der Waals surface area contributed by atoms with E-state index >= 15 is 0 Å². The van der Waals surface area contributed by atoms with E-state index in [1.165, 1.54) is 12.1 Å². The van der Waals surface area contributed by atoms with E-state index in [-0.39, 0.29) is 18.6 Å². The summed E-state index contributed by atoms with van der Waals surface area (Å²) in [5.74, 6) is -3.39. The molecular formula is C16H25NO2. The normalized spacial score (nSPS) is 47.7. The Kier molecular flexibility index (Phi) is 1.48. The van der Waals surface area contributed by atoms with Gasteiger partial charge in [-0.2, -0.15) is 0 Å². The number of aliphatic hydroxyl groups is 1. The molecule has 1 aliphatic rings. The molecular weight excluding hydrogens is 238 g/mol. The Labute approximate surface area is 135 Å². The summed E-state index contributed by atoms with van der Waals surface area (Å²) in [6, 6.07) is 4.42. The van der Waals surface area contributed by atoms with Crippen LogP contribution in [0.15, 0.2) is 24.3 Å². The first-order chi connectivity index (χ1) is 14.5. The first-order valence-corrected chi connectivity index (χ1v) is 5.83. The van der Waals surface area contributed by atoms with Crippen LogP contribution in [0.2, 0.25) is 0 Å². The fourth-order valence-corrected chi connectivity index (χ4v) is 2.15. The molecule has 1 N–H and O–H groups in total.